The lowest BCUT2D eigenvalue weighted by Gasteiger charge is -2.59. The van der Waals surface area contributed by atoms with E-state index in [1.165, 1.54) is 17.0 Å². The molecule has 5 rings (SSSR count). The lowest BCUT2D eigenvalue weighted by Crippen LogP contribution is -2.69. The molecule has 0 unspecified atom stereocenters. The van der Waals surface area contributed by atoms with Crippen LogP contribution in [0.25, 0.3) is 0 Å². The van der Waals surface area contributed by atoms with Crippen molar-refractivity contribution in [1.82, 2.24) is 4.90 Å². The molecule has 13 heteroatoms. The quantitative estimate of drug-likeness (QED) is 0.0620. The molecule has 2 aromatic carbocycles. The van der Waals surface area contributed by atoms with E-state index < -0.39 is 28.8 Å². The molecule has 2 aliphatic carbocycles. The van der Waals surface area contributed by atoms with E-state index in [0.29, 0.717) is 42.2 Å². The minimum Gasteiger partial charge on any atom is -0.490 e. The Morgan fingerprint density at radius 2 is 1.80 bits per heavy atom. The number of likely N-dealkylation sites (N-methyl/N-ethyl adjacent to an activating group) is 1. The number of nitro groups is 1. The molecule has 0 spiro atoms. The van der Waals surface area contributed by atoms with Gasteiger partial charge in [-0.3, -0.25) is 10.1 Å². The summed E-state index contributed by atoms with van der Waals surface area (Å²) in [7, 11) is 1.67. The van der Waals surface area contributed by atoms with Crippen molar-refractivity contribution in [2.24, 2.45) is 22.9 Å². The Morgan fingerprint density at radius 1 is 1.07 bits per heavy atom. The Morgan fingerprint density at radius 3 is 2.46 bits per heavy atom. The second-order valence-electron chi connectivity index (χ2n) is 13.9. The number of allylic oxidation sites excluding steroid dienone is 1. The summed E-state index contributed by atoms with van der Waals surface area (Å²) >= 11 is 0. The molecule has 0 bridgehead atoms. The van der Waals surface area contributed by atoms with E-state index in [-0.39, 0.29) is 62.9 Å². The number of benzene rings is 2. The maximum atomic E-state index is 13.6. The summed E-state index contributed by atoms with van der Waals surface area (Å²) in [5.74, 6) is -0.688. The third-order valence-corrected chi connectivity index (χ3v) is 10.6. The van der Waals surface area contributed by atoms with Crippen LogP contribution in [0.15, 0.2) is 84.6 Å². The van der Waals surface area contributed by atoms with Crippen molar-refractivity contribution in [3.63, 3.8) is 0 Å². The number of aliphatic hydroxyl groups excluding tert-OH is 2. The van der Waals surface area contributed by atoms with Crippen LogP contribution in [0.3, 0.4) is 0 Å². The average Bonchev–Trinajstić information content (AvgIpc) is 3.17. The maximum absolute atomic E-state index is 13.6. The highest BCUT2D eigenvalue weighted by molar-refractivity contribution is 6.02. The fraction of sp³-hybridized carbons (Fsp3) is 0.512. The molecular formula is C41H53N3O10. The number of hydrogen-bond donors (Lipinski definition) is 2. The number of aliphatic hydroxyl groups is 2. The lowest BCUT2D eigenvalue weighted by atomic mass is 9.55. The van der Waals surface area contributed by atoms with Gasteiger partial charge in [0.2, 0.25) is 5.79 Å². The van der Waals surface area contributed by atoms with E-state index in [1.54, 1.807) is 38.3 Å². The number of nitro benzene ring substituents is 1. The van der Waals surface area contributed by atoms with Crippen molar-refractivity contribution >= 4 is 17.5 Å². The third kappa shape index (κ3) is 8.80. The van der Waals surface area contributed by atoms with Gasteiger partial charge in [0.05, 0.1) is 29.8 Å². The van der Waals surface area contributed by atoms with Crippen LogP contribution in [0.4, 0.5) is 10.5 Å². The van der Waals surface area contributed by atoms with Crippen molar-refractivity contribution in [2.75, 3.05) is 40.1 Å². The van der Waals surface area contributed by atoms with Gasteiger partial charge in [0.15, 0.2) is 0 Å². The van der Waals surface area contributed by atoms with E-state index in [0.717, 1.165) is 36.8 Å². The summed E-state index contributed by atoms with van der Waals surface area (Å²) in [4.78, 5) is 31.8. The summed E-state index contributed by atoms with van der Waals surface area (Å²) in [5, 5.41) is 35.5. The number of amides is 1. The Kier molecular flexibility index (Phi) is 14.3. The monoisotopic (exact) mass is 747 g/mol. The second-order valence-corrected chi connectivity index (χ2v) is 13.9. The van der Waals surface area contributed by atoms with Crippen LogP contribution in [0.2, 0.25) is 0 Å². The molecule has 1 fully saturated rings. The molecule has 1 amide bonds. The van der Waals surface area contributed by atoms with Gasteiger partial charge in [-0.2, -0.15) is 0 Å². The van der Waals surface area contributed by atoms with Crippen molar-refractivity contribution in [1.29, 1.82) is 0 Å². The van der Waals surface area contributed by atoms with Gasteiger partial charge >= 0.3 is 6.09 Å². The maximum Gasteiger partial charge on any atom is 0.409 e. The average molecular weight is 748 g/mol. The molecule has 0 saturated heterocycles. The molecule has 1 heterocycles. The summed E-state index contributed by atoms with van der Waals surface area (Å²) in [6, 6.07) is 11.2. The van der Waals surface area contributed by atoms with Gasteiger partial charge < -0.3 is 38.9 Å². The fourth-order valence-corrected chi connectivity index (χ4v) is 8.22. The first-order valence-electron chi connectivity index (χ1n) is 18.8. The Balaban J connectivity index is 1.71. The minimum absolute atomic E-state index is 0.0205. The number of oxime groups is 1. The van der Waals surface area contributed by atoms with E-state index in [1.807, 2.05) is 18.2 Å². The molecule has 1 saturated carbocycles. The van der Waals surface area contributed by atoms with Crippen molar-refractivity contribution < 1.29 is 43.7 Å². The van der Waals surface area contributed by atoms with Gasteiger partial charge in [-0.1, -0.05) is 42.8 Å². The van der Waals surface area contributed by atoms with E-state index in [9.17, 15) is 25.1 Å². The number of unbranched alkanes of at least 4 members (excludes halogenated alkanes) is 2. The Labute approximate surface area is 317 Å². The summed E-state index contributed by atoms with van der Waals surface area (Å²) < 4.78 is 25.5. The molecule has 1 aliphatic heterocycles. The van der Waals surface area contributed by atoms with Crippen molar-refractivity contribution in [3.8, 4) is 11.5 Å². The topological polar surface area (TPSA) is 162 Å². The lowest BCUT2D eigenvalue weighted by molar-refractivity contribution is -0.384. The van der Waals surface area contributed by atoms with Crippen LogP contribution in [-0.4, -0.2) is 83.8 Å². The Hall–Kier alpha value is -4.72. The molecule has 6 atom stereocenters. The van der Waals surface area contributed by atoms with Crippen molar-refractivity contribution in [2.45, 2.75) is 76.2 Å². The standard InChI is InChI=1S/C41H53N3O10/c1-5-22-51-31-18-19-36-34(25-31)38-32(13-9-11-21-46)29(12-8-10-20-45)24-33-35(42-53-27-28-14-16-30(17-15-28)44(48)49)26-37(43(4)40(47)50-7-3)41(54-36,39(33)38)52-23-6-2/h5-6,14-19,24-25,29,32,37-39,45-46H,1-2,7-13,20-23,26-27H2,3-4H3/t29-,32+,37-,38+,39+,41+/m0/s1. The van der Waals surface area contributed by atoms with Crippen LogP contribution >= 0.6 is 0 Å². The highest BCUT2D eigenvalue weighted by Gasteiger charge is 2.65. The van der Waals surface area contributed by atoms with Crippen molar-refractivity contribution in [3.05, 3.63) is 101 Å². The van der Waals surface area contributed by atoms with E-state index in [4.69, 9.17) is 28.9 Å². The predicted molar refractivity (Wildman–Crippen MR) is 203 cm³/mol. The zero-order chi connectivity index (χ0) is 38.7. The summed E-state index contributed by atoms with van der Waals surface area (Å²) in [5.41, 5.74) is 3.13. The molecule has 0 aromatic heterocycles. The van der Waals surface area contributed by atoms with Gasteiger partial charge in [-0.15, -0.1) is 6.58 Å². The fourth-order valence-electron chi connectivity index (χ4n) is 8.22. The van der Waals surface area contributed by atoms with Crippen LogP contribution in [0, 0.1) is 27.9 Å². The molecule has 3 aliphatic rings. The van der Waals surface area contributed by atoms with Gasteiger partial charge in [-0.25, -0.2) is 4.79 Å². The number of rotatable bonds is 20. The second kappa shape index (κ2) is 19.0. The normalized spacial score (nSPS) is 24.6. The highest BCUT2D eigenvalue weighted by Crippen LogP contribution is 2.61. The molecule has 0 radical (unpaired) electrons. The van der Waals surface area contributed by atoms with E-state index >= 15 is 0 Å². The first-order chi connectivity index (χ1) is 26.2. The van der Waals surface area contributed by atoms with Gasteiger partial charge in [0, 0.05) is 50.3 Å². The number of hydrogen-bond acceptors (Lipinski definition) is 11. The number of fused-ring (bicyclic) bond motifs is 2. The minimum atomic E-state index is -1.40. The first kappa shape index (κ1) is 40.5. The molecule has 2 N–H and O–H groups in total. The van der Waals surface area contributed by atoms with Crippen LogP contribution in [0.1, 0.15) is 68.9 Å². The van der Waals surface area contributed by atoms with Crippen LogP contribution in [0.5, 0.6) is 11.5 Å². The van der Waals surface area contributed by atoms with E-state index in [2.05, 4.69) is 19.2 Å². The number of nitrogens with zero attached hydrogens (tertiary/aromatic N) is 3. The smallest absolute Gasteiger partial charge is 0.409 e. The molecule has 54 heavy (non-hydrogen) atoms. The predicted octanol–water partition coefficient (Wildman–Crippen LogP) is 7.08. The number of non-ortho nitro benzene ring substituents is 1. The Bertz CT molecular complexity index is 1680. The molecule has 13 nitrogen and oxygen atoms in total. The molecule has 2 aromatic rings. The summed E-state index contributed by atoms with van der Waals surface area (Å²) in [6.45, 7) is 10.4. The number of carbonyl (C=O) groups excluding carboxylic acids is 1. The van der Waals surface area contributed by atoms with Gasteiger partial charge in [0.25, 0.3) is 5.69 Å². The summed E-state index contributed by atoms with van der Waals surface area (Å²) in [6.07, 6.45) is 9.79. The van der Waals surface area contributed by atoms with Gasteiger partial charge in [-0.05, 0) is 85.9 Å². The zero-order valence-electron chi connectivity index (χ0n) is 31.3. The zero-order valence-corrected chi connectivity index (χ0v) is 31.3. The molecule has 292 valence electrons. The van der Waals surface area contributed by atoms with Crippen LogP contribution < -0.4 is 9.47 Å². The SMILES string of the molecule is C=CCOc1ccc2c(c1)[C@H]1[C@H](CCCCO)[C@@H](CCCCO)C=C3C(=NOCc4ccc([N+](=O)[O-])cc4)C[C@H](N(C)C(=O)OCC)[C@@](OCC=C)(O2)[C@H]31. The first-order valence-corrected chi connectivity index (χ1v) is 18.8. The number of carbonyl (C=O) groups is 1. The molecular weight excluding hydrogens is 694 g/mol. The largest absolute Gasteiger partial charge is 0.490 e. The highest BCUT2D eigenvalue weighted by atomic mass is 16.7. The third-order valence-electron chi connectivity index (χ3n) is 10.6. The van der Waals surface area contributed by atoms with Crippen LogP contribution in [-0.2, 0) is 20.9 Å². The van der Waals surface area contributed by atoms with Gasteiger partial charge in [0.1, 0.15) is 30.8 Å². The number of ether oxygens (including phenoxy) is 4.